The fourth-order valence-electron chi connectivity index (χ4n) is 1.66. The molecule has 0 aliphatic rings. The standard InChI is InChI=1S/C14H14N2O3S/c1-15-13(18)11-6-7-20-14(11)16-12(17)9-4-3-5-10(8-9)19-2/h3-8H,1-2H3,(H,15,18)(H,16,17). The average molecular weight is 290 g/mol. The number of carbonyl (C=O) groups excluding carboxylic acids is 2. The van der Waals surface area contributed by atoms with Gasteiger partial charge in [-0.15, -0.1) is 11.3 Å². The number of thiophene rings is 1. The zero-order valence-electron chi connectivity index (χ0n) is 11.1. The Morgan fingerprint density at radius 3 is 2.70 bits per heavy atom. The molecule has 1 aromatic carbocycles. The van der Waals surface area contributed by atoms with Crippen molar-refractivity contribution in [2.75, 3.05) is 19.5 Å². The lowest BCUT2D eigenvalue weighted by Crippen LogP contribution is -2.20. The van der Waals surface area contributed by atoms with E-state index in [1.807, 2.05) is 0 Å². The maximum atomic E-state index is 12.2. The van der Waals surface area contributed by atoms with E-state index < -0.39 is 0 Å². The van der Waals surface area contributed by atoms with Gasteiger partial charge in [-0.2, -0.15) is 0 Å². The molecule has 6 heteroatoms. The Labute approximate surface area is 120 Å². The Morgan fingerprint density at radius 2 is 2.00 bits per heavy atom. The summed E-state index contributed by atoms with van der Waals surface area (Å²) in [7, 11) is 3.09. The van der Waals surface area contributed by atoms with Crippen molar-refractivity contribution < 1.29 is 14.3 Å². The van der Waals surface area contributed by atoms with Crippen LogP contribution in [0, 0.1) is 0 Å². The largest absolute Gasteiger partial charge is 0.497 e. The Kier molecular flexibility index (Phi) is 4.37. The molecular weight excluding hydrogens is 276 g/mol. The van der Waals surface area contributed by atoms with Crippen LogP contribution in [-0.2, 0) is 0 Å². The number of methoxy groups -OCH3 is 1. The zero-order chi connectivity index (χ0) is 14.5. The number of anilines is 1. The van der Waals surface area contributed by atoms with Crippen LogP contribution < -0.4 is 15.4 Å². The highest BCUT2D eigenvalue weighted by molar-refractivity contribution is 7.14. The first-order chi connectivity index (χ1) is 9.65. The first-order valence-corrected chi connectivity index (χ1v) is 6.78. The van der Waals surface area contributed by atoms with Crippen LogP contribution in [0.1, 0.15) is 20.7 Å². The molecule has 0 unspecified atom stereocenters. The number of benzene rings is 1. The van der Waals surface area contributed by atoms with Crippen molar-refractivity contribution in [1.29, 1.82) is 0 Å². The van der Waals surface area contributed by atoms with E-state index in [9.17, 15) is 9.59 Å². The molecule has 104 valence electrons. The average Bonchev–Trinajstić information content (AvgIpc) is 2.94. The molecule has 0 saturated carbocycles. The van der Waals surface area contributed by atoms with Crippen molar-refractivity contribution >= 4 is 28.2 Å². The molecule has 0 atom stereocenters. The van der Waals surface area contributed by atoms with Crippen LogP contribution in [-0.4, -0.2) is 26.0 Å². The molecule has 0 aliphatic heterocycles. The summed E-state index contributed by atoms with van der Waals surface area (Å²) in [4.78, 5) is 23.8. The van der Waals surface area contributed by atoms with Gasteiger partial charge >= 0.3 is 0 Å². The monoisotopic (exact) mass is 290 g/mol. The van der Waals surface area contributed by atoms with Crippen molar-refractivity contribution in [3.05, 3.63) is 46.8 Å². The van der Waals surface area contributed by atoms with Crippen molar-refractivity contribution in [3.63, 3.8) is 0 Å². The van der Waals surface area contributed by atoms with Crippen LogP contribution in [0.4, 0.5) is 5.00 Å². The van der Waals surface area contributed by atoms with E-state index in [1.165, 1.54) is 11.3 Å². The summed E-state index contributed by atoms with van der Waals surface area (Å²) in [6, 6.07) is 8.50. The molecule has 0 spiro atoms. The fraction of sp³-hybridized carbons (Fsp3) is 0.143. The summed E-state index contributed by atoms with van der Waals surface area (Å²) in [6.07, 6.45) is 0. The summed E-state index contributed by atoms with van der Waals surface area (Å²) in [5.41, 5.74) is 0.925. The number of rotatable bonds is 4. The molecule has 0 fully saturated rings. The summed E-state index contributed by atoms with van der Waals surface area (Å²) in [5.74, 6) is 0.0963. The predicted octanol–water partition coefficient (Wildman–Crippen LogP) is 2.37. The predicted molar refractivity (Wildman–Crippen MR) is 78.7 cm³/mol. The van der Waals surface area contributed by atoms with Crippen LogP contribution in [0.5, 0.6) is 5.75 Å². The Balaban J connectivity index is 2.19. The highest BCUT2D eigenvalue weighted by Gasteiger charge is 2.15. The minimum absolute atomic E-state index is 0.229. The Morgan fingerprint density at radius 1 is 1.20 bits per heavy atom. The van der Waals surface area contributed by atoms with Gasteiger partial charge in [-0.25, -0.2) is 0 Å². The molecule has 0 saturated heterocycles. The number of amides is 2. The summed E-state index contributed by atoms with van der Waals surface area (Å²) < 4.78 is 5.08. The van der Waals surface area contributed by atoms with Gasteiger partial charge in [0.25, 0.3) is 11.8 Å². The molecule has 0 aliphatic carbocycles. The lowest BCUT2D eigenvalue weighted by Gasteiger charge is -2.07. The topological polar surface area (TPSA) is 67.4 Å². The smallest absolute Gasteiger partial charge is 0.256 e. The van der Waals surface area contributed by atoms with Crippen LogP contribution in [0.15, 0.2) is 35.7 Å². The van der Waals surface area contributed by atoms with E-state index in [2.05, 4.69) is 10.6 Å². The molecular formula is C14H14N2O3S. The van der Waals surface area contributed by atoms with Crippen LogP contribution >= 0.6 is 11.3 Å². The van der Waals surface area contributed by atoms with Crippen molar-refractivity contribution in [3.8, 4) is 5.75 Å². The van der Waals surface area contributed by atoms with Crippen molar-refractivity contribution in [2.24, 2.45) is 0 Å². The van der Waals surface area contributed by atoms with E-state index in [4.69, 9.17) is 4.74 Å². The molecule has 5 nitrogen and oxygen atoms in total. The Hall–Kier alpha value is -2.34. The third kappa shape index (κ3) is 2.97. The van der Waals surface area contributed by atoms with Gasteiger partial charge in [0.1, 0.15) is 10.8 Å². The summed E-state index contributed by atoms with van der Waals surface area (Å²) in [5, 5.41) is 7.55. The second kappa shape index (κ2) is 6.21. The number of hydrogen-bond donors (Lipinski definition) is 2. The molecule has 2 amide bonds. The highest BCUT2D eigenvalue weighted by atomic mass is 32.1. The maximum absolute atomic E-state index is 12.2. The molecule has 0 bridgehead atoms. The van der Waals surface area contributed by atoms with Gasteiger partial charge in [-0.3, -0.25) is 9.59 Å². The molecule has 1 aromatic heterocycles. The Bertz CT molecular complexity index is 637. The van der Waals surface area contributed by atoms with Crippen molar-refractivity contribution in [2.45, 2.75) is 0 Å². The molecule has 1 heterocycles. The van der Waals surface area contributed by atoms with E-state index >= 15 is 0 Å². The highest BCUT2D eigenvalue weighted by Crippen LogP contribution is 2.24. The van der Waals surface area contributed by atoms with Gasteiger partial charge in [-0.1, -0.05) is 6.07 Å². The normalized spacial score (nSPS) is 9.90. The van der Waals surface area contributed by atoms with Gasteiger partial charge in [0.2, 0.25) is 0 Å². The third-order valence-electron chi connectivity index (χ3n) is 2.70. The van der Waals surface area contributed by atoms with Gasteiger partial charge in [0, 0.05) is 12.6 Å². The molecule has 0 radical (unpaired) electrons. The minimum Gasteiger partial charge on any atom is -0.497 e. The van der Waals surface area contributed by atoms with E-state index in [0.29, 0.717) is 21.9 Å². The number of hydrogen-bond acceptors (Lipinski definition) is 4. The van der Waals surface area contributed by atoms with Crippen LogP contribution in [0.25, 0.3) is 0 Å². The minimum atomic E-state index is -0.281. The van der Waals surface area contributed by atoms with E-state index in [0.717, 1.165) is 0 Å². The van der Waals surface area contributed by atoms with Gasteiger partial charge in [0.15, 0.2) is 0 Å². The molecule has 2 N–H and O–H groups in total. The number of carbonyl (C=O) groups is 2. The SMILES string of the molecule is CNC(=O)c1ccsc1NC(=O)c1cccc(OC)c1. The van der Waals surface area contributed by atoms with Gasteiger partial charge in [0.05, 0.1) is 12.7 Å². The molecule has 20 heavy (non-hydrogen) atoms. The van der Waals surface area contributed by atoms with E-state index in [1.54, 1.807) is 49.9 Å². The lowest BCUT2D eigenvalue weighted by atomic mass is 10.2. The quantitative estimate of drug-likeness (QED) is 0.908. The third-order valence-corrected chi connectivity index (χ3v) is 3.53. The summed E-state index contributed by atoms with van der Waals surface area (Å²) in [6.45, 7) is 0. The van der Waals surface area contributed by atoms with E-state index in [-0.39, 0.29) is 11.8 Å². The number of ether oxygens (including phenoxy) is 1. The first-order valence-electron chi connectivity index (χ1n) is 5.90. The molecule has 2 aromatic rings. The first kappa shape index (κ1) is 14.1. The fourth-order valence-corrected chi connectivity index (χ4v) is 2.44. The van der Waals surface area contributed by atoms with Gasteiger partial charge in [-0.05, 0) is 29.6 Å². The second-order valence-corrected chi connectivity index (χ2v) is 4.84. The van der Waals surface area contributed by atoms with Crippen LogP contribution in [0.3, 0.4) is 0 Å². The maximum Gasteiger partial charge on any atom is 0.256 e. The molecule has 2 rings (SSSR count). The van der Waals surface area contributed by atoms with Crippen LogP contribution in [0.2, 0.25) is 0 Å². The second-order valence-electron chi connectivity index (χ2n) is 3.93. The lowest BCUT2D eigenvalue weighted by molar-refractivity contribution is 0.0964. The zero-order valence-corrected chi connectivity index (χ0v) is 11.9. The van der Waals surface area contributed by atoms with Crippen molar-refractivity contribution in [1.82, 2.24) is 5.32 Å². The number of nitrogens with one attached hydrogen (secondary N) is 2. The summed E-state index contributed by atoms with van der Waals surface area (Å²) >= 11 is 1.30. The van der Waals surface area contributed by atoms with Gasteiger partial charge < -0.3 is 15.4 Å².